The van der Waals surface area contributed by atoms with E-state index in [-0.39, 0.29) is 0 Å². The first kappa shape index (κ1) is 25.3. The number of carboxylic acid groups (broad SMARTS) is 1. The molecule has 0 spiro atoms. The molecule has 0 aromatic carbocycles. The Bertz CT molecular complexity index is 350. The minimum absolute atomic E-state index is 0.972. The van der Waals surface area contributed by atoms with Gasteiger partial charge >= 0.3 is 0 Å². The highest BCUT2D eigenvalue weighted by atomic mass is 32.3. The highest BCUT2D eigenvalue weighted by Gasteiger charge is 1.50. The quantitative estimate of drug-likeness (QED) is 0.178. The summed E-state index contributed by atoms with van der Waals surface area (Å²) in [7, 11) is -10.3. The summed E-state index contributed by atoms with van der Waals surface area (Å²) in [4.78, 5) is 17.1. The van der Waals surface area contributed by atoms with Gasteiger partial charge < -0.3 is 43.4 Å². The van der Waals surface area contributed by atoms with Gasteiger partial charge in [0, 0.05) is 26.8 Å². The van der Waals surface area contributed by atoms with Crippen molar-refractivity contribution in [2.24, 2.45) is 0 Å². The van der Waals surface area contributed by atoms with Gasteiger partial charge in [-0.15, -0.1) is 0 Å². The van der Waals surface area contributed by atoms with Crippen LogP contribution in [-0.4, -0.2) is 46.1 Å². The van der Waals surface area contributed by atoms with Crippen LogP contribution < -0.4 is 5.11 Å². The Balaban J connectivity index is -0.0000000731. The summed E-state index contributed by atoms with van der Waals surface area (Å²) in [6.07, 6.45) is 0. The Labute approximate surface area is 99.7 Å². The van der Waals surface area contributed by atoms with Crippen LogP contribution in [0.25, 0.3) is 0 Å². The number of aliphatic carboxylic acids is 1. The molecule has 14 nitrogen and oxygen atoms in total. The molecule has 0 aliphatic carbocycles. The lowest BCUT2D eigenvalue weighted by molar-refractivity contribution is -0.402. The Morgan fingerprint density at radius 1 is 0.889 bits per heavy atom. The predicted octanol–water partition coefficient (Wildman–Crippen LogP) is -4.16. The molecule has 0 fully saturated rings. The molecular formula is C2H3NO13S2-6. The van der Waals surface area contributed by atoms with E-state index in [1.807, 2.05) is 0 Å². The molecule has 0 N–H and O–H groups in total. The van der Waals surface area contributed by atoms with Crippen molar-refractivity contribution in [1.82, 2.24) is 0 Å². The van der Waals surface area contributed by atoms with E-state index in [9.17, 15) is 0 Å². The second-order valence-electron chi connectivity index (χ2n) is 1.53. The van der Waals surface area contributed by atoms with Crippen molar-refractivity contribution in [2.75, 3.05) is 0 Å². The van der Waals surface area contributed by atoms with Crippen molar-refractivity contribution in [2.45, 2.75) is 6.92 Å². The van der Waals surface area contributed by atoms with E-state index >= 15 is 0 Å². The van der Waals surface area contributed by atoms with Crippen LogP contribution in [0.3, 0.4) is 0 Å². The van der Waals surface area contributed by atoms with Gasteiger partial charge in [0.25, 0.3) is 0 Å². The third-order valence-corrected chi connectivity index (χ3v) is 0. The monoisotopic (exact) mass is 313 g/mol. The van der Waals surface area contributed by atoms with E-state index in [2.05, 4.69) is 0 Å². The molecule has 0 unspecified atom stereocenters. The largest absolute Gasteiger partial charge is 0.759 e. The third-order valence-electron chi connectivity index (χ3n) is 0. The van der Waals surface area contributed by atoms with Crippen LogP contribution in [0, 0.1) is 15.3 Å². The first-order chi connectivity index (χ1) is 7.46. The van der Waals surface area contributed by atoms with Crippen LogP contribution in [0.4, 0.5) is 0 Å². The fourth-order valence-electron chi connectivity index (χ4n) is 0. The summed E-state index contributed by atoms with van der Waals surface area (Å²) in [5, 5.41) is 23.6. The first-order valence-corrected chi connectivity index (χ1v) is 5.46. The van der Waals surface area contributed by atoms with E-state index in [4.69, 9.17) is 60.3 Å². The smallest absolute Gasteiger partial charge is 0.0689 e. The Morgan fingerprint density at radius 2 is 0.889 bits per heavy atom. The summed E-state index contributed by atoms with van der Waals surface area (Å²) in [6.45, 7) is 0.972. The zero-order valence-corrected chi connectivity index (χ0v) is 9.70. The fourth-order valence-corrected chi connectivity index (χ4v) is 0. The molecule has 0 aliphatic rings. The minimum atomic E-state index is -5.17. The third kappa shape index (κ3) is 1030. The molecule has 0 radical (unpaired) electrons. The van der Waals surface area contributed by atoms with Gasteiger partial charge in [0.2, 0.25) is 0 Å². The number of carboxylic acids is 1. The Hall–Kier alpha value is -1.59. The summed E-state index contributed by atoms with van der Waals surface area (Å²) >= 11 is 0. The minimum Gasteiger partial charge on any atom is -0.759 e. The highest BCUT2D eigenvalue weighted by Crippen LogP contribution is 1.58. The molecule has 0 bridgehead atoms. The van der Waals surface area contributed by atoms with Crippen LogP contribution in [0.15, 0.2) is 0 Å². The van der Waals surface area contributed by atoms with Crippen molar-refractivity contribution in [3.8, 4) is 0 Å². The molecule has 0 aromatic rings. The van der Waals surface area contributed by atoms with Crippen molar-refractivity contribution in [3.63, 3.8) is 0 Å². The highest BCUT2D eigenvalue weighted by molar-refractivity contribution is 7.79. The molecule has 0 rings (SSSR count). The summed E-state index contributed by atoms with van der Waals surface area (Å²) in [5.74, 6) is -1.08. The van der Waals surface area contributed by atoms with Gasteiger partial charge in [0.15, 0.2) is 0 Å². The number of carbonyl (C=O) groups is 1. The first-order valence-electron chi connectivity index (χ1n) is 2.79. The Morgan fingerprint density at radius 3 is 0.889 bits per heavy atom. The van der Waals surface area contributed by atoms with Crippen LogP contribution in [-0.2, 0) is 25.6 Å². The maximum atomic E-state index is 8.89. The summed E-state index contributed by atoms with van der Waals surface area (Å²) < 4.78 is 68.2. The number of carbonyl (C=O) groups excluding carboxylic acids is 1. The van der Waals surface area contributed by atoms with E-state index < -0.39 is 31.9 Å². The average Bonchev–Trinajstić information content (AvgIpc) is 1.70. The fraction of sp³-hybridized carbons (Fsp3) is 0.500. The van der Waals surface area contributed by atoms with Gasteiger partial charge in [-0.3, -0.25) is 16.8 Å². The van der Waals surface area contributed by atoms with Crippen LogP contribution in [0.2, 0.25) is 0 Å². The van der Waals surface area contributed by atoms with Gasteiger partial charge in [-0.25, -0.2) is 0 Å². The van der Waals surface area contributed by atoms with Crippen molar-refractivity contribution < 1.29 is 50.0 Å². The molecule has 0 atom stereocenters. The maximum absolute atomic E-state index is 8.89. The lowest BCUT2D eigenvalue weighted by Gasteiger charge is -2.06. The lowest BCUT2D eigenvalue weighted by atomic mass is 10.9. The SMILES string of the molecule is CC(=O)[O-].O=S(=O)([O-])[O-].O=S(=O)([O-])[O-].O=[N+]([O-])[O-]. The zero-order chi connectivity index (χ0) is 16.2. The molecule has 0 saturated carbocycles. The molecule has 0 aromatic heterocycles. The number of hydrogen-bond donors (Lipinski definition) is 0. The maximum Gasteiger partial charge on any atom is 0.0689 e. The zero-order valence-electron chi connectivity index (χ0n) is 8.07. The van der Waals surface area contributed by atoms with Gasteiger partial charge in [-0.2, -0.15) is 0 Å². The van der Waals surface area contributed by atoms with Crippen LogP contribution >= 0.6 is 0 Å². The molecule has 0 aliphatic heterocycles. The summed E-state index contributed by atoms with van der Waals surface area (Å²) in [6, 6.07) is 0. The average molecular weight is 313 g/mol. The topological polar surface area (TPSA) is 267 Å². The second kappa shape index (κ2) is 11.9. The van der Waals surface area contributed by atoms with E-state index in [0.29, 0.717) is 0 Å². The van der Waals surface area contributed by atoms with E-state index in [1.165, 1.54) is 0 Å². The normalized spacial score (nSPS) is 9.17. The molecule has 0 heterocycles. The van der Waals surface area contributed by atoms with Gasteiger partial charge in [0.05, 0.1) is 5.09 Å². The van der Waals surface area contributed by atoms with E-state index in [0.717, 1.165) is 6.92 Å². The van der Waals surface area contributed by atoms with Crippen molar-refractivity contribution in [1.29, 1.82) is 0 Å². The molecular weight excluding hydrogens is 310 g/mol. The molecule has 112 valence electrons. The number of nitrogens with zero attached hydrogens (tertiary/aromatic N) is 1. The molecule has 16 heteroatoms. The van der Waals surface area contributed by atoms with E-state index in [1.54, 1.807) is 0 Å². The molecule has 18 heavy (non-hydrogen) atoms. The van der Waals surface area contributed by atoms with Crippen LogP contribution in [0.1, 0.15) is 6.92 Å². The standard InChI is InChI=1S/C2H4O2.NO3.2H2O4S/c1-2(3)4;2-1(3)4;2*1-5(2,3)4/h1H3,(H,3,4);;2*(H2,1,2,3,4)/q;-1;;/p-5. The lowest BCUT2D eigenvalue weighted by Crippen LogP contribution is -2.16. The van der Waals surface area contributed by atoms with Crippen molar-refractivity contribution >= 4 is 26.8 Å². The molecule has 0 saturated heterocycles. The summed E-state index contributed by atoms with van der Waals surface area (Å²) in [5.41, 5.74) is 0. The Kier molecular flexibility index (Phi) is 16.7. The van der Waals surface area contributed by atoms with Crippen LogP contribution in [0.5, 0.6) is 0 Å². The van der Waals surface area contributed by atoms with Crippen molar-refractivity contribution in [3.05, 3.63) is 15.3 Å². The predicted molar refractivity (Wildman–Crippen MR) is 42.0 cm³/mol. The molecule has 0 amide bonds. The number of hydrogen-bond acceptors (Lipinski definition) is 13. The second-order valence-corrected chi connectivity index (χ2v) is 3.16. The van der Waals surface area contributed by atoms with Gasteiger partial charge in [0.1, 0.15) is 0 Å². The van der Waals surface area contributed by atoms with Gasteiger partial charge in [-0.1, -0.05) is 0 Å². The van der Waals surface area contributed by atoms with Gasteiger partial charge in [-0.05, 0) is 6.92 Å². The number of rotatable bonds is 0.